The molecule has 0 amide bonds. The molecule has 2 rings (SSSR count). The van der Waals surface area contributed by atoms with E-state index in [0.717, 1.165) is 18.5 Å². The number of hydrogen-bond donors (Lipinski definition) is 1. The maximum Gasteiger partial charge on any atom is 0.137 e. The highest BCUT2D eigenvalue weighted by Gasteiger charge is 2.15. The Bertz CT molecular complexity index is 604. The summed E-state index contributed by atoms with van der Waals surface area (Å²) in [5, 5.41) is 3.47. The standard InChI is InChI=1S/C18H21BrFN/c1-4-21-18(14-8-9-16(19)17(20)10-14)11-15-12(2)6-5-7-13(15)3/h5-10,18,21H,4,11H2,1-3H3. The number of nitrogens with one attached hydrogen (secondary N) is 1. The van der Waals surface area contributed by atoms with E-state index in [-0.39, 0.29) is 11.9 Å². The molecule has 2 aromatic carbocycles. The van der Waals surface area contributed by atoms with Gasteiger partial charge in [-0.3, -0.25) is 0 Å². The van der Waals surface area contributed by atoms with Crippen LogP contribution in [0.1, 0.15) is 35.2 Å². The van der Waals surface area contributed by atoms with E-state index in [2.05, 4.69) is 60.2 Å². The predicted molar refractivity (Wildman–Crippen MR) is 90.1 cm³/mol. The van der Waals surface area contributed by atoms with E-state index in [9.17, 15) is 4.39 Å². The van der Waals surface area contributed by atoms with Gasteiger partial charge in [0.05, 0.1) is 4.47 Å². The highest BCUT2D eigenvalue weighted by atomic mass is 79.9. The number of halogens is 2. The Labute approximate surface area is 134 Å². The zero-order valence-corrected chi connectivity index (χ0v) is 14.3. The molecular weight excluding hydrogens is 329 g/mol. The minimum atomic E-state index is -0.211. The van der Waals surface area contributed by atoms with E-state index in [0.29, 0.717) is 4.47 Å². The maximum atomic E-state index is 13.8. The highest BCUT2D eigenvalue weighted by molar-refractivity contribution is 9.10. The van der Waals surface area contributed by atoms with Gasteiger partial charge in [-0.2, -0.15) is 0 Å². The zero-order chi connectivity index (χ0) is 15.4. The first-order chi connectivity index (χ1) is 10.0. The minimum Gasteiger partial charge on any atom is -0.310 e. The monoisotopic (exact) mass is 349 g/mol. The molecule has 0 aliphatic carbocycles. The molecule has 2 aromatic rings. The van der Waals surface area contributed by atoms with Crippen LogP contribution in [0.15, 0.2) is 40.9 Å². The summed E-state index contributed by atoms with van der Waals surface area (Å²) in [6, 6.07) is 11.8. The van der Waals surface area contributed by atoms with Gasteiger partial charge < -0.3 is 5.32 Å². The van der Waals surface area contributed by atoms with Crippen LogP contribution in [0.2, 0.25) is 0 Å². The molecule has 0 radical (unpaired) electrons. The molecule has 0 saturated heterocycles. The summed E-state index contributed by atoms with van der Waals surface area (Å²) < 4.78 is 14.3. The summed E-state index contributed by atoms with van der Waals surface area (Å²) in [4.78, 5) is 0. The van der Waals surface area contributed by atoms with Crippen molar-refractivity contribution in [1.82, 2.24) is 5.32 Å². The van der Waals surface area contributed by atoms with Crippen molar-refractivity contribution in [1.29, 1.82) is 0 Å². The fourth-order valence-electron chi connectivity index (χ4n) is 2.66. The molecule has 1 atom stereocenters. The van der Waals surface area contributed by atoms with Gasteiger partial charge in [0.1, 0.15) is 5.82 Å². The molecule has 0 saturated carbocycles. The van der Waals surface area contributed by atoms with E-state index in [4.69, 9.17) is 0 Å². The number of aryl methyl sites for hydroxylation is 2. The molecule has 1 unspecified atom stereocenters. The first-order valence-electron chi connectivity index (χ1n) is 7.26. The van der Waals surface area contributed by atoms with Crippen LogP contribution in [0.25, 0.3) is 0 Å². The van der Waals surface area contributed by atoms with Gasteiger partial charge in [0.25, 0.3) is 0 Å². The van der Waals surface area contributed by atoms with Crippen LogP contribution in [0.4, 0.5) is 4.39 Å². The molecular formula is C18H21BrFN. The Kier molecular flexibility index (Phi) is 5.54. The van der Waals surface area contributed by atoms with Gasteiger partial charge in [-0.15, -0.1) is 0 Å². The lowest BCUT2D eigenvalue weighted by atomic mass is 9.93. The third-order valence-electron chi connectivity index (χ3n) is 3.85. The van der Waals surface area contributed by atoms with Crippen molar-refractivity contribution < 1.29 is 4.39 Å². The molecule has 112 valence electrons. The Morgan fingerprint density at radius 1 is 1.14 bits per heavy atom. The molecule has 3 heteroatoms. The van der Waals surface area contributed by atoms with Crippen LogP contribution in [-0.2, 0) is 6.42 Å². The molecule has 0 fully saturated rings. The quantitative estimate of drug-likeness (QED) is 0.791. The second kappa shape index (κ2) is 7.19. The molecule has 0 aliphatic heterocycles. The second-order valence-electron chi connectivity index (χ2n) is 5.36. The first-order valence-corrected chi connectivity index (χ1v) is 8.05. The predicted octanol–water partition coefficient (Wildman–Crippen LogP) is 5.10. The minimum absolute atomic E-state index is 0.123. The van der Waals surface area contributed by atoms with Gasteiger partial charge in [0, 0.05) is 6.04 Å². The number of benzene rings is 2. The number of rotatable bonds is 5. The number of hydrogen-bond acceptors (Lipinski definition) is 1. The van der Waals surface area contributed by atoms with E-state index >= 15 is 0 Å². The van der Waals surface area contributed by atoms with Crippen molar-refractivity contribution in [2.75, 3.05) is 6.54 Å². The van der Waals surface area contributed by atoms with Crippen molar-refractivity contribution in [3.05, 3.63) is 68.9 Å². The van der Waals surface area contributed by atoms with Gasteiger partial charge in [-0.25, -0.2) is 4.39 Å². The summed E-state index contributed by atoms with van der Waals surface area (Å²) in [7, 11) is 0. The van der Waals surface area contributed by atoms with Crippen molar-refractivity contribution in [3.63, 3.8) is 0 Å². The van der Waals surface area contributed by atoms with Crippen molar-refractivity contribution >= 4 is 15.9 Å². The molecule has 0 spiro atoms. The van der Waals surface area contributed by atoms with Gasteiger partial charge in [0.15, 0.2) is 0 Å². The largest absolute Gasteiger partial charge is 0.310 e. The fraction of sp³-hybridized carbons (Fsp3) is 0.333. The molecule has 0 heterocycles. The summed E-state index contributed by atoms with van der Waals surface area (Å²) in [5.74, 6) is -0.211. The highest BCUT2D eigenvalue weighted by Crippen LogP contribution is 2.25. The smallest absolute Gasteiger partial charge is 0.137 e. The Morgan fingerprint density at radius 3 is 2.38 bits per heavy atom. The van der Waals surface area contributed by atoms with Crippen LogP contribution in [0.5, 0.6) is 0 Å². The van der Waals surface area contributed by atoms with E-state index in [1.165, 1.54) is 16.7 Å². The van der Waals surface area contributed by atoms with E-state index in [1.54, 1.807) is 12.1 Å². The van der Waals surface area contributed by atoms with Crippen molar-refractivity contribution in [3.8, 4) is 0 Å². The van der Waals surface area contributed by atoms with Crippen LogP contribution < -0.4 is 5.32 Å². The Morgan fingerprint density at radius 2 is 1.81 bits per heavy atom. The van der Waals surface area contributed by atoms with Gasteiger partial charge in [0.2, 0.25) is 0 Å². The second-order valence-corrected chi connectivity index (χ2v) is 6.21. The normalized spacial score (nSPS) is 12.4. The Balaban J connectivity index is 2.33. The lowest BCUT2D eigenvalue weighted by Gasteiger charge is -2.21. The summed E-state index contributed by atoms with van der Waals surface area (Å²) in [6.07, 6.45) is 0.868. The molecule has 21 heavy (non-hydrogen) atoms. The van der Waals surface area contributed by atoms with Gasteiger partial charge in [-0.05, 0) is 77.1 Å². The third kappa shape index (κ3) is 3.92. The van der Waals surface area contributed by atoms with Crippen LogP contribution in [0, 0.1) is 19.7 Å². The molecule has 0 aromatic heterocycles. The molecule has 0 aliphatic rings. The lowest BCUT2D eigenvalue weighted by Crippen LogP contribution is -2.23. The maximum absolute atomic E-state index is 13.8. The molecule has 0 bridgehead atoms. The summed E-state index contributed by atoms with van der Waals surface area (Å²) in [5.41, 5.74) is 4.90. The number of likely N-dealkylation sites (N-methyl/N-ethyl adjacent to an activating group) is 1. The molecule has 1 nitrogen and oxygen atoms in total. The van der Waals surface area contributed by atoms with Crippen LogP contribution >= 0.6 is 15.9 Å². The Hall–Kier alpha value is -1.19. The summed E-state index contributed by atoms with van der Waals surface area (Å²) >= 11 is 3.21. The fourth-order valence-corrected chi connectivity index (χ4v) is 2.91. The van der Waals surface area contributed by atoms with Gasteiger partial charge >= 0.3 is 0 Å². The topological polar surface area (TPSA) is 12.0 Å². The first kappa shape index (κ1) is 16.2. The molecule has 1 N–H and O–H groups in total. The van der Waals surface area contributed by atoms with Gasteiger partial charge in [-0.1, -0.05) is 31.2 Å². The van der Waals surface area contributed by atoms with Crippen LogP contribution in [-0.4, -0.2) is 6.54 Å². The SMILES string of the molecule is CCNC(Cc1c(C)cccc1C)c1ccc(Br)c(F)c1. The summed E-state index contributed by atoms with van der Waals surface area (Å²) in [6.45, 7) is 7.20. The van der Waals surface area contributed by atoms with Crippen LogP contribution in [0.3, 0.4) is 0 Å². The third-order valence-corrected chi connectivity index (χ3v) is 4.49. The lowest BCUT2D eigenvalue weighted by molar-refractivity contribution is 0.540. The average Bonchev–Trinajstić information content (AvgIpc) is 2.45. The van der Waals surface area contributed by atoms with Crippen molar-refractivity contribution in [2.24, 2.45) is 0 Å². The van der Waals surface area contributed by atoms with E-state index < -0.39 is 0 Å². The van der Waals surface area contributed by atoms with Crippen molar-refractivity contribution in [2.45, 2.75) is 33.2 Å². The average molecular weight is 350 g/mol. The van der Waals surface area contributed by atoms with E-state index in [1.807, 2.05) is 6.07 Å². The zero-order valence-electron chi connectivity index (χ0n) is 12.7.